The Morgan fingerprint density at radius 3 is 2.74 bits per heavy atom. The molecule has 2 aromatic carbocycles. The number of fused-ring (bicyclic) bond motifs is 2. The summed E-state index contributed by atoms with van der Waals surface area (Å²) in [4.78, 5) is 41.3. The molecule has 0 fully saturated rings. The fourth-order valence-electron chi connectivity index (χ4n) is 4.33. The number of thiazole rings is 1. The van der Waals surface area contributed by atoms with Crippen LogP contribution in [-0.2, 0) is 0 Å². The number of nitrogens with two attached hydrogens (primary N) is 1. The van der Waals surface area contributed by atoms with Gasteiger partial charge < -0.3 is 11.1 Å². The third kappa shape index (κ3) is 4.39. The van der Waals surface area contributed by atoms with Crippen LogP contribution in [0.5, 0.6) is 0 Å². The van der Waals surface area contributed by atoms with Gasteiger partial charge in [-0.15, -0.1) is 16.4 Å². The smallest absolute Gasteiger partial charge is 0.267 e. The van der Waals surface area contributed by atoms with Crippen molar-refractivity contribution >= 4 is 39.6 Å². The summed E-state index contributed by atoms with van der Waals surface area (Å²) >= 11 is 1.42. The lowest BCUT2D eigenvalue weighted by Crippen LogP contribution is -2.33. The van der Waals surface area contributed by atoms with E-state index in [0.29, 0.717) is 33.6 Å². The second-order valence-corrected chi connectivity index (χ2v) is 9.49. The number of nitrogen functional groups attached to an aromatic ring is 1. The fraction of sp³-hybridized carbons (Fsp3) is 0.0714. The van der Waals surface area contributed by atoms with Crippen LogP contribution in [-0.4, -0.2) is 35.0 Å². The van der Waals surface area contributed by atoms with Crippen molar-refractivity contribution in [2.45, 2.75) is 13.0 Å². The van der Waals surface area contributed by atoms with E-state index >= 15 is 0 Å². The van der Waals surface area contributed by atoms with Gasteiger partial charge in [0, 0.05) is 18.0 Å². The standard InChI is InChI=1S/C28H20N8O2S/c1-17(32-27(37)23-24(29)34-35-14-6-13-31-26(23)35)25-33-21-10-5-7-18(11-12-20-15-30-16-39-20)22(21)28(38)36(25)19-8-3-2-4-9-19/h2-10,13-17H,1H3,(H2,29,34)(H,32,37)/t17-/m1/s1. The molecule has 0 aliphatic rings. The molecule has 0 saturated carbocycles. The molecule has 0 aliphatic heterocycles. The molecule has 39 heavy (non-hydrogen) atoms. The predicted octanol–water partition coefficient (Wildman–Crippen LogP) is 3.36. The summed E-state index contributed by atoms with van der Waals surface area (Å²) in [5.74, 6) is 6.09. The maximum Gasteiger partial charge on any atom is 0.267 e. The summed E-state index contributed by atoms with van der Waals surface area (Å²) < 4.78 is 2.95. The molecule has 10 nitrogen and oxygen atoms in total. The number of carbonyl (C=O) groups excluding carboxylic acids is 1. The van der Waals surface area contributed by atoms with Crippen molar-refractivity contribution in [1.29, 1.82) is 0 Å². The first kappa shape index (κ1) is 24.0. The van der Waals surface area contributed by atoms with Gasteiger partial charge in [0.15, 0.2) is 11.5 Å². The molecule has 6 aromatic rings. The van der Waals surface area contributed by atoms with E-state index in [-0.39, 0.29) is 16.9 Å². The Morgan fingerprint density at radius 1 is 1.10 bits per heavy atom. The number of hydrogen-bond donors (Lipinski definition) is 2. The van der Waals surface area contributed by atoms with Crippen molar-refractivity contribution < 1.29 is 4.79 Å². The van der Waals surface area contributed by atoms with E-state index < -0.39 is 11.9 Å². The number of anilines is 1. The molecular weight excluding hydrogens is 512 g/mol. The number of aromatic nitrogens is 6. The third-order valence-electron chi connectivity index (χ3n) is 6.07. The molecule has 6 rings (SSSR count). The molecule has 4 aromatic heterocycles. The Labute approximate surface area is 225 Å². The molecule has 11 heteroatoms. The van der Waals surface area contributed by atoms with Gasteiger partial charge in [0.1, 0.15) is 11.4 Å². The van der Waals surface area contributed by atoms with Gasteiger partial charge in [-0.25, -0.2) is 14.5 Å². The van der Waals surface area contributed by atoms with Crippen LogP contribution in [0, 0.1) is 11.8 Å². The monoisotopic (exact) mass is 532 g/mol. The maximum absolute atomic E-state index is 14.1. The van der Waals surface area contributed by atoms with Crippen LogP contribution < -0.4 is 16.6 Å². The summed E-state index contributed by atoms with van der Waals surface area (Å²) in [6.45, 7) is 1.76. The SMILES string of the molecule is C[C@@H](NC(=O)c1c(N)nn2cccnc12)c1nc2cccc(C#Cc3cncs3)c2c(=O)n1-c1ccccc1. The first-order valence-electron chi connectivity index (χ1n) is 11.9. The Hall–Kier alpha value is -5.34. The molecule has 0 aliphatic carbocycles. The van der Waals surface area contributed by atoms with Crippen LogP contribution >= 0.6 is 11.3 Å². The van der Waals surface area contributed by atoms with Gasteiger partial charge in [-0.1, -0.05) is 30.2 Å². The van der Waals surface area contributed by atoms with E-state index in [1.165, 1.54) is 20.4 Å². The van der Waals surface area contributed by atoms with Gasteiger partial charge in [0.05, 0.1) is 39.2 Å². The first-order chi connectivity index (χ1) is 19.0. The number of para-hydroxylation sites is 1. The Kier molecular flexibility index (Phi) is 6.07. The summed E-state index contributed by atoms with van der Waals surface area (Å²) in [6.07, 6.45) is 4.90. The minimum atomic E-state index is -0.681. The highest BCUT2D eigenvalue weighted by atomic mass is 32.1. The number of nitrogens with one attached hydrogen (secondary N) is 1. The zero-order chi connectivity index (χ0) is 26.9. The van der Waals surface area contributed by atoms with Crippen molar-refractivity contribution in [3.05, 3.63) is 111 Å². The lowest BCUT2D eigenvalue weighted by molar-refractivity contribution is 0.0940. The Morgan fingerprint density at radius 2 is 1.95 bits per heavy atom. The van der Waals surface area contributed by atoms with Crippen molar-refractivity contribution in [3.63, 3.8) is 0 Å². The van der Waals surface area contributed by atoms with Crippen LogP contribution in [0.3, 0.4) is 0 Å². The fourth-order valence-corrected chi connectivity index (χ4v) is 4.80. The zero-order valence-electron chi connectivity index (χ0n) is 20.6. The predicted molar refractivity (Wildman–Crippen MR) is 149 cm³/mol. The quantitative estimate of drug-likeness (QED) is 0.333. The second-order valence-electron chi connectivity index (χ2n) is 8.60. The lowest BCUT2D eigenvalue weighted by atomic mass is 10.1. The zero-order valence-corrected chi connectivity index (χ0v) is 21.4. The molecular formula is C28H20N8O2S. The summed E-state index contributed by atoms with van der Waals surface area (Å²) in [5.41, 5.74) is 9.56. The number of carbonyl (C=O) groups is 1. The van der Waals surface area contributed by atoms with E-state index in [2.05, 4.69) is 32.2 Å². The van der Waals surface area contributed by atoms with Crippen molar-refractivity contribution in [1.82, 2.24) is 34.4 Å². The highest BCUT2D eigenvalue weighted by Crippen LogP contribution is 2.22. The molecule has 0 radical (unpaired) electrons. The van der Waals surface area contributed by atoms with Crippen molar-refractivity contribution in [3.8, 4) is 17.5 Å². The second kappa shape index (κ2) is 9.85. The minimum absolute atomic E-state index is 0.0504. The van der Waals surface area contributed by atoms with E-state index in [0.717, 1.165) is 4.88 Å². The van der Waals surface area contributed by atoms with E-state index in [1.54, 1.807) is 55.3 Å². The molecule has 0 spiro atoms. The normalized spacial score (nSPS) is 11.7. The molecule has 0 bridgehead atoms. The number of rotatable bonds is 4. The third-order valence-corrected chi connectivity index (χ3v) is 6.76. The Balaban J connectivity index is 1.48. The van der Waals surface area contributed by atoms with Gasteiger partial charge in [-0.05, 0) is 43.2 Å². The van der Waals surface area contributed by atoms with Crippen LogP contribution in [0.1, 0.15) is 39.6 Å². The molecule has 190 valence electrons. The molecule has 0 unspecified atom stereocenters. The Bertz CT molecular complexity index is 1970. The van der Waals surface area contributed by atoms with Crippen LogP contribution in [0.4, 0.5) is 5.82 Å². The van der Waals surface area contributed by atoms with Crippen LogP contribution in [0.25, 0.3) is 22.2 Å². The minimum Gasteiger partial charge on any atom is -0.381 e. The summed E-state index contributed by atoms with van der Waals surface area (Å²) in [6, 6.07) is 15.5. The largest absolute Gasteiger partial charge is 0.381 e. The van der Waals surface area contributed by atoms with Gasteiger partial charge in [-0.3, -0.25) is 19.1 Å². The number of hydrogen-bond acceptors (Lipinski definition) is 8. The molecule has 0 saturated heterocycles. The van der Waals surface area contributed by atoms with Crippen molar-refractivity contribution in [2.75, 3.05) is 5.73 Å². The number of amides is 1. The van der Waals surface area contributed by atoms with E-state index in [4.69, 9.17) is 10.7 Å². The highest BCUT2D eigenvalue weighted by Gasteiger charge is 2.24. The molecule has 4 heterocycles. The maximum atomic E-state index is 14.1. The van der Waals surface area contributed by atoms with Gasteiger partial charge in [0.2, 0.25) is 0 Å². The average Bonchev–Trinajstić information content (AvgIpc) is 3.59. The average molecular weight is 533 g/mol. The van der Waals surface area contributed by atoms with E-state index in [9.17, 15) is 9.59 Å². The molecule has 1 atom stereocenters. The number of nitrogens with zero attached hydrogens (tertiary/aromatic N) is 6. The van der Waals surface area contributed by atoms with Crippen LogP contribution in [0.15, 0.2) is 83.5 Å². The highest BCUT2D eigenvalue weighted by molar-refractivity contribution is 7.10. The molecule has 1 amide bonds. The lowest BCUT2D eigenvalue weighted by Gasteiger charge is -2.20. The summed E-state index contributed by atoms with van der Waals surface area (Å²) in [5, 5.41) is 7.47. The van der Waals surface area contributed by atoms with Gasteiger partial charge in [0.25, 0.3) is 11.5 Å². The van der Waals surface area contributed by atoms with E-state index in [1.807, 2.05) is 30.3 Å². The first-order valence-corrected chi connectivity index (χ1v) is 12.8. The molecule has 3 N–H and O–H groups in total. The van der Waals surface area contributed by atoms with Gasteiger partial charge >= 0.3 is 0 Å². The summed E-state index contributed by atoms with van der Waals surface area (Å²) in [7, 11) is 0. The topological polar surface area (TPSA) is 133 Å². The van der Waals surface area contributed by atoms with Crippen LogP contribution in [0.2, 0.25) is 0 Å². The van der Waals surface area contributed by atoms with Gasteiger partial charge in [-0.2, -0.15) is 0 Å². The number of benzene rings is 2. The van der Waals surface area contributed by atoms with Crippen molar-refractivity contribution in [2.24, 2.45) is 0 Å².